The molecule has 1 heterocycles. The molecule has 1 amide bonds. The van der Waals surface area contributed by atoms with E-state index < -0.39 is 5.97 Å². The first-order valence-electron chi connectivity index (χ1n) is 7.41. The van der Waals surface area contributed by atoms with Gasteiger partial charge < -0.3 is 19.5 Å². The van der Waals surface area contributed by atoms with Crippen molar-refractivity contribution in [1.82, 2.24) is 0 Å². The molecular weight excluding hydrogens is 356 g/mol. The van der Waals surface area contributed by atoms with Crippen molar-refractivity contribution in [2.24, 2.45) is 0 Å². The minimum Gasteiger partial charge on any atom is -0.493 e. The maximum Gasteiger partial charge on any atom is 0.340 e. The molecule has 1 N–H and O–H groups in total. The number of carbonyl (C=O) groups excluding carboxylic acids is 2. The van der Waals surface area contributed by atoms with Crippen LogP contribution in [0.2, 0.25) is 0 Å². The van der Waals surface area contributed by atoms with Crippen LogP contribution in [0.25, 0.3) is 6.08 Å². The van der Waals surface area contributed by atoms with Gasteiger partial charge in [-0.25, -0.2) is 4.79 Å². The lowest BCUT2D eigenvalue weighted by Crippen LogP contribution is -2.10. The first kappa shape index (κ1) is 19.0. The summed E-state index contributed by atoms with van der Waals surface area (Å²) in [6.45, 7) is -0.0860. The van der Waals surface area contributed by atoms with Crippen molar-refractivity contribution in [1.29, 1.82) is 5.26 Å². The fourth-order valence-electron chi connectivity index (χ4n) is 2.02. The van der Waals surface area contributed by atoms with Gasteiger partial charge in [0, 0.05) is 6.08 Å². The molecule has 7 nitrogen and oxygen atoms in total. The third-order valence-electron chi connectivity index (χ3n) is 3.21. The molecule has 0 unspecified atom stereocenters. The zero-order valence-electron chi connectivity index (χ0n) is 14.1. The van der Waals surface area contributed by atoms with Crippen molar-refractivity contribution in [3.63, 3.8) is 0 Å². The first-order chi connectivity index (χ1) is 12.6. The Kier molecular flexibility index (Phi) is 6.76. The lowest BCUT2D eigenvalue weighted by Gasteiger charge is -2.08. The van der Waals surface area contributed by atoms with E-state index >= 15 is 0 Å². The third-order valence-corrected chi connectivity index (χ3v) is 4.04. The molecule has 0 atom stereocenters. The average molecular weight is 372 g/mol. The minimum absolute atomic E-state index is 0.0860. The fraction of sp³-hybridized carbons (Fsp3) is 0.167. The number of thiophene rings is 1. The van der Waals surface area contributed by atoms with Crippen LogP contribution < -0.4 is 14.8 Å². The van der Waals surface area contributed by atoms with E-state index in [1.165, 1.54) is 31.6 Å². The summed E-state index contributed by atoms with van der Waals surface area (Å²) in [6.07, 6.45) is 2.93. The van der Waals surface area contributed by atoms with Gasteiger partial charge in [0.05, 0.1) is 19.8 Å². The number of hydrogen-bond acceptors (Lipinski definition) is 7. The second-order valence-electron chi connectivity index (χ2n) is 4.83. The number of hydrogen-bond donors (Lipinski definition) is 1. The highest BCUT2D eigenvalue weighted by atomic mass is 32.1. The van der Waals surface area contributed by atoms with Crippen molar-refractivity contribution in [2.75, 3.05) is 26.1 Å². The summed E-state index contributed by atoms with van der Waals surface area (Å²) in [5.74, 6) is -0.00407. The summed E-state index contributed by atoms with van der Waals surface area (Å²) >= 11 is 1.23. The van der Waals surface area contributed by atoms with E-state index in [9.17, 15) is 9.59 Å². The molecule has 0 saturated heterocycles. The number of anilines is 1. The average Bonchev–Trinajstić information content (AvgIpc) is 3.12. The van der Waals surface area contributed by atoms with Crippen LogP contribution in [0.4, 0.5) is 5.00 Å². The monoisotopic (exact) mass is 372 g/mol. The molecule has 8 heteroatoms. The summed E-state index contributed by atoms with van der Waals surface area (Å²) in [5.41, 5.74) is 1.01. The number of esters is 1. The second kappa shape index (κ2) is 9.25. The number of nitrogens with zero attached hydrogens (tertiary/aromatic N) is 1. The molecule has 0 radical (unpaired) electrons. The van der Waals surface area contributed by atoms with Crippen LogP contribution in [0, 0.1) is 11.3 Å². The Bertz CT molecular complexity index is 867. The van der Waals surface area contributed by atoms with E-state index in [4.69, 9.17) is 14.7 Å². The topological polar surface area (TPSA) is 97.6 Å². The molecular formula is C18H16N2O5S. The summed E-state index contributed by atoms with van der Waals surface area (Å²) in [7, 11) is 2.77. The SMILES string of the molecule is COC(=O)c1ccsc1NC(=O)/C=C/c1ccc(OCC#N)c(OC)c1. The van der Waals surface area contributed by atoms with Gasteiger partial charge in [-0.05, 0) is 35.2 Å². The molecule has 0 aliphatic heterocycles. The van der Waals surface area contributed by atoms with E-state index in [0.29, 0.717) is 27.6 Å². The lowest BCUT2D eigenvalue weighted by molar-refractivity contribution is -0.111. The molecule has 0 bridgehead atoms. The van der Waals surface area contributed by atoms with E-state index in [1.54, 1.807) is 35.7 Å². The highest BCUT2D eigenvalue weighted by Gasteiger charge is 2.14. The van der Waals surface area contributed by atoms with E-state index in [2.05, 4.69) is 10.1 Å². The van der Waals surface area contributed by atoms with Crippen molar-refractivity contribution in [3.8, 4) is 17.6 Å². The van der Waals surface area contributed by atoms with Gasteiger partial charge in [-0.15, -0.1) is 11.3 Å². The largest absolute Gasteiger partial charge is 0.493 e. The third kappa shape index (κ3) is 4.84. The van der Waals surface area contributed by atoms with Crippen molar-refractivity contribution in [2.45, 2.75) is 0 Å². The molecule has 0 fully saturated rings. The summed E-state index contributed by atoms with van der Waals surface area (Å²) < 4.78 is 15.1. The van der Waals surface area contributed by atoms with Crippen molar-refractivity contribution < 1.29 is 23.8 Å². The molecule has 0 spiro atoms. The first-order valence-corrected chi connectivity index (χ1v) is 8.29. The Labute approximate surface area is 154 Å². The molecule has 134 valence electrons. The molecule has 1 aromatic heterocycles. The quantitative estimate of drug-likeness (QED) is 0.592. The van der Waals surface area contributed by atoms with Crippen LogP contribution in [-0.4, -0.2) is 32.7 Å². The Balaban J connectivity index is 2.07. The normalized spacial score (nSPS) is 10.2. The Morgan fingerprint density at radius 3 is 2.77 bits per heavy atom. The van der Waals surface area contributed by atoms with Gasteiger partial charge in [0.25, 0.3) is 0 Å². The molecule has 1 aromatic carbocycles. The zero-order valence-corrected chi connectivity index (χ0v) is 15.0. The van der Waals surface area contributed by atoms with E-state index in [-0.39, 0.29) is 12.5 Å². The fourth-order valence-corrected chi connectivity index (χ4v) is 2.80. The van der Waals surface area contributed by atoms with Gasteiger partial charge in [-0.1, -0.05) is 6.07 Å². The van der Waals surface area contributed by atoms with Crippen LogP contribution in [0.15, 0.2) is 35.7 Å². The molecule has 0 aliphatic carbocycles. The number of ether oxygens (including phenoxy) is 3. The standard InChI is InChI=1S/C18H16N2O5S/c1-23-15-11-12(3-5-14(15)25-9-8-19)4-6-16(21)20-17-13(7-10-26-17)18(22)24-2/h3-7,10-11H,9H2,1-2H3,(H,20,21)/b6-4+. The van der Waals surface area contributed by atoms with Gasteiger partial charge in [-0.3, -0.25) is 4.79 Å². The smallest absolute Gasteiger partial charge is 0.340 e. The summed E-state index contributed by atoms with van der Waals surface area (Å²) in [6, 6.07) is 8.53. The van der Waals surface area contributed by atoms with Gasteiger partial charge in [0.15, 0.2) is 18.1 Å². The number of amides is 1. The number of carbonyl (C=O) groups is 2. The highest BCUT2D eigenvalue weighted by molar-refractivity contribution is 7.14. The maximum atomic E-state index is 12.1. The Morgan fingerprint density at radius 1 is 1.27 bits per heavy atom. The van der Waals surface area contributed by atoms with Crippen LogP contribution in [0.5, 0.6) is 11.5 Å². The molecule has 0 saturated carbocycles. The predicted molar refractivity (Wildman–Crippen MR) is 97.4 cm³/mol. The highest BCUT2D eigenvalue weighted by Crippen LogP contribution is 2.28. The Hall–Kier alpha value is -3.31. The lowest BCUT2D eigenvalue weighted by atomic mass is 10.2. The molecule has 26 heavy (non-hydrogen) atoms. The maximum absolute atomic E-state index is 12.1. The van der Waals surface area contributed by atoms with E-state index in [0.717, 1.165) is 0 Å². The van der Waals surface area contributed by atoms with Crippen LogP contribution in [0.3, 0.4) is 0 Å². The molecule has 2 aromatic rings. The van der Waals surface area contributed by atoms with Gasteiger partial charge in [0.2, 0.25) is 5.91 Å². The number of nitrogens with one attached hydrogen (secondary N) is 1. The number of benzene rings is 1. The van der Waals surface area contributed by atoms with Crippen LogP contribution in [0.1, 0.15) is 15.9 Å². The van der Waals surface area contributed by atoms with Gasteiger partial charge in [-0.2, -0.15) is 5.26 Å². The van der Waals surface area contributed by atoms with Crippen molar-refractivity contribution in [3.05, 3.63) is 46.8 Å². The van der Waals surface area contributed by atoms with Crippen LogP contribution >= 0.6 is 11.3 Å². The number of rotatable bonds is 7. The molecule has 2 rings (SSSR count). The van der Waals surface area contributed by atoms with Gasteiger partial charge >= 0.3 is 5.97 Å². The molecule has 0 aliphatic rings. The minimum atomic E-state index is -0.511. The van der Waals surface area contributed by atoms with Crippen molar-refractivity contribution >= 4 is 34.3 Å². The van der Waals surface area contributed by atoms with Gasteiger partial charge in [0.1, 0.15) is 11.1 Å². The van der Waals surface area contributed by atoms with Crippen LogP contribution in [-0.2, 0) is 9.53 Å². The number of nitriles is 1. The summed E-state index contributed by atoms with van der Waals surface area (Å²) in [5, 5.41) is 13.3. The number of methoxy groups -OCH3 is 2. The zero-order chi connectivity index (χ0) is 18.9. The second-order valence-corrected chi connectivity index (χ2v) is 5.75. The van der Waals surface area contributed by atoms with E-state index in [1.807, 2.05) is 6.07 Å². The Morgan fingerprint density at radius 2 is 2.08 bits per heavy atom. The summed E-state index contributed by atoms with van der Waals surface area (Å²) in [4.78, 5) is 23.7. The predicted octanol–water partition coefficient (Wildman–Crippen LogP) is 3.10.